The van der Waals surface area contributed by atoms with Crippen molar-refractivity contribution in [2.24, 2.45) is 0 Å². The number of aliphatic hydroxyl groups excluding tert-OH is 1. The van der Waals surface area contributed by atoms with Gasteiger partial charge in [-0.2, -0.15) is 0 Å². The molecule has 2 rings (SSSR count). The van der Waals surface area contributed by atoms with E-state index in [9.17, 15) is 9.59 Å². The fourth-order valence-electron chi connectivity index (χ4n) is 1.36. The molecule has 1 aliphatic carbocycles. The van der Waals surface area contributed by atoms with E-state index in [4.69, 9.17) is 16.7 Å². The number of hydrogen-bond donors (Lipinski definition) is 1. The molecule has 14 heavy (non-hydrogen) atoms. The van der Waals surface area contributed by atoms with Gasteiger partial charge in [-0.1, -0.05) is 23.7 Å². The van der Waals surface area contributed by atoms with E-state index in [2.05, 4.69) is 0 Å². The number of aliphatic hydroxyl groups is 1. The van der Waals surface area contributed by atoms with Crippen LogP contribution in [0.3, 0.4) is 0 Å². The molecule has 4 heteroatoms. The molecule has 0 bridgehead atoms. The van der Waals surface area contributed by atoms with Crippen LogP contribution < -0.4 is 0 Å². The Labute approximate surface area is 84.6 Å². The first-order valence-corrected chi connectivity index (χ1v) is 4.27. The Morgan fingerprint density at radius 3 is 2.64 bits per heavy atom. The quantitative estimate of drug-likeness (QED) is 0.711. The minimum atomic E-state index is -0.606. The number of hydrogen-bond acceptors (Lipinski definition) is 3. The second-order valence-electron chi connectivity index (χ2n) is 2.89. The second kappa shape index (κ2) is 2.96. The highest BCUT2D eigenvalue weighted by Gasteiger charge is 2.27. The monoisotopic (exact) mass is 208 g/mol. The number of allylic oxidation sites excluding steroid dienone is 2. The van der Waals surface area contributed by atoms with Gasteiger partial charge >= 0.3 is 0 Å². The van der Waals surface area contributed by atoms with Crippen LogP contribution >= 0.6 is 11.6 Å². The number of benzene rings is 1. The minimum Gasteiger partial charge on any atom is -0.504 e. The highest BCUT2D eigenvalue weighted by Crippen LogP contribution is 2.26. The molecule has 1 N–H and O–H groups in total. The maximum atomic E-state index is 11.4. The summed E-state index contributed by atoms with van der Waals surface area (Å²) >= 11 is 5.76. The summed E-state index contributed by atoms with van der Waals surface area (Å²) in [5.41, 5.74) is 0.319. The van der Waals surface area contributed by atoms with Gasteiger partial charge in [-0.05, 0) is 6.07 Å². The molecule has 0 radical (unpaired) electrons. The van der Waals surface area contributed by atoms with Crippen molar-refractivity contribution in [1.82, 2.24) is 0 Å². The molecule has 0 aromatic heterocycles. The molecule has 0 atom stereocenters. The zero-order chi connectivity index (χ0) is 10.3. The van der Waals surface area contributed by atoms with Crippen molar-refractivity contribution in [3.63, 3.8) is 0 Å². The van der Waals surface area contributed by atoms with E-state index in [1.54, 1.807) is 6.07 Å². The first-order chi connectivity index (χ1) is 6.61. The third-order valence-corrected chi connectivity index (χ3v) is 2.32. The molecular weight excluding hydrogens is 204 g/mol. The van der Waals surface area contributed by atoms with Crippen LogP contribution in [-0.2, 0) is 0 Å². The van der Waals surface area contributed by atoms with E-state index < -0.39 is 17.3 Å². The molecule has 3 nitrogen and oxygen atoms in total. The SMILES string of the molecule is O=C1C=C(O)C(=O)c2c(Cl)cccc21. The lowest BCUT2D eigenvalue weighted by atomic mass is 9.94. The molecule has 0 spiro atoms. The van der Waals surface area contributed by atoms with Gasteiger partial charge in [0.05, 0.1) is 10.6 Å². The fourth-order valence-corrected chi connectivity index (χ4v) is 1.62. The van der Waals surface area contributed by atoms with Gasteiger partial charge in [0.15, 0.2) is 11.5 Å². The number of carbonyl (C=O) groups excluding carboxylic acids is 2. The average molecular weight is 209 g/mol. The molecule has 0 fully saturated rings. The van der Waals surface area contributed by atoms with Gasteiger partial charge in [-0.25, -0.2) is 0 Å². The molecular formula is C10H5ClO3. The summed E-state index contributed by atoms with van der Waals surface area (Å²) in [6, 6.07) is 4.59. The van der Waals surface area contributed by atoms with Crippen LogP contribution in [0, 0.1) is 0 Å². The third kappa shape index (κ3) is 1.14. The Morgan fingerprint density at radius 2 is 1.93 bits per heavy atom. The lowest BCUT2D eigenvalue weighted by Gasteiger charge is -2.11. The summed E-state index contributed by atoms with van der Waals surface area (Å²) in [4.78, 5) is 22.8. The van der Waals surface area contributed by atoms with E-state index in [1.807, 2.05) is 0 Å². The van der Waals surface area contributed by atoms with Crippen molar-refractivity contribution >= 4 is 23.2 Å². The van der Waals surface area contributed by atoms with Gasteiger partial charge in [0.1, 0.15) is 0 Å². The van der Waals surface area contributed by atoms with Gasteiger partial charge in [0, 0.05) is 11.6 Å². The molecule has 0 unspecified atom stereocenters. The highest BCUT2D eigenvalue weighted by molar-refractivity contribution is 6.37. The largest absolute Gasteiger partial charge is 0.504 e. The topological polar surface area (TPSA) is 54.4 Å². The molecule has 0 amide bonds. The fraction of sp³-hybridized carbons (Fsp3) is 0. The minimum absolute atomic E-state index is 0.0826. The standard InChI is InChI=1S/C10H5ClO3/c11-6-3-1-2-5-7(12)4-8(13)10(14)9(5)6/h1-4,13H. The predicted octanol–water partition coefficient (Wildman–Crippen LogP) is 2.16. The van der Waals surface area contributed by atoms with Crippen LogP contribution in [0.1, 0.15) is 20.7 Å². The maximum absolute atomic E-state index is 11.4. The zero-order valence-corrected chi connectivity index (χ0v) is 7.71. The van der Waals surface area contributed by atoms with Gasteiger partial charge in [-0.3, -0.25) is 9.59 Å². The molecule has 1 aliphatic rings. The summed E-state index contributed by atoms with van der Waals surface area (Å²) in [6.45, 7) is 0. The Balaban J connectivity index is 2.76. The lowest BCUT2D eigenvalue weighted by molar-refractivity contribution is 0.0939. The summed E-state index contributed by atoms with van der Waals surface area (Å²) in [5, 5.41) is 9.33. The summed E-state index contributed by atoms with van der Waals surface area (Å²) < 4.78 is 0. The summed E-state index contributed by atoms with van der Waals surface area (Å²) in [6.07, 6.45) is 0.904. The van der Waals surface area contributed by atoms with Crippen molar-refractivity contribution < 1.29 is 14.7 Å². The van der Waals surface area contributed by atoms with Crippen molar-refractivity contribution in [3.8, 4) is 0 Å². The van der Waals surface area contributed by atoms with Crippen LogP contribution in [0.4, 0.5) is 0 Å². The van der Waals surface area contributed by atoms with Crippen LogP contribution in [-0.4, -0.2) is 16.7 Å². The Morgan fingerprint density at radius 1 is 1.21 bits per heavy atom. The Bertz CT molecular complexity index is 474. The van der Waals surface area contributed by atoms with Gasteiger partial charge < -0.3 is 5.11 Å². The molecule has 0 heterocycles. The van der Waals surface area contributed by atoms with Gasteiger partial charge in [0.2, 0.25) is 5.78 Å². The van der Waals surface area contributed by atoms with Crippen LogP contribution in [0.25, 0.3) is 0 Å². The second-order valence-corrected chi connectivity index (χ2v) is 3.29. The van der Waals surface area contributed by atoms with E-state index >= 15 is 0 Å². The molecule has 0 saturated heterocycles. The van der Waals surface area contributed by atoms with Crippen LogP contribution in [0.5, 0.6) is 0 Å². The normalized spacial score (nSPS) is 15.1. The Hall–Kier alpha value is -1.61. The van der Waals surface area contributed by atoms with E-state index in [0.29, 0.717) is 0 Å². The first kappa shape index (κ1) is 8.97. The molecule has 0 saturated carbocycles. The Kier molecular flexibility index (Phi) is 1.89. The smallest absolute Gasteiger partial charge is 0.229 e. The van der Waals surface area contributed by atoms with Gasteiger partial charge in [0.25, 0.3) is 0 Å². The molecule has 70 valence electrons. The summed E-state index contributed by atoms with van der Waals surface area (Å²) in [7, 11) is 0. The molecule has 1 aromatic rings. The number of fused-ring (bicyclic) bond motifs is 1. The lowest BCUT2D eigenvalue weighted by Crippen LogP contribution is -2.17. The van der Waals surface area contributed by atoms with Crippen molar-refractivity contribution in [2.75, 3.05) is 0 Å². The van der Waals surface area contributed by atoms with E-state index in [1.165, 1.54) is 12.1 Å². The molecule has 1 aromatic carbocycles. The number of halogens is 1. The van der Waals surface area contributed by atoms with Crippen LogP contribution in [0.15, 0.2) is 30.0 Å². The number of ketones is 2. The maximum Gasteiger partial charge on any atom is 0.229 e. The number of carbonyl (C=O) groups is 2. The van der Waals surface area contributed by atoms with Gasteiger partial charge in [-0.15, -0.1) is 0 Å². The van der Waals surface area contributed by atoms with Crippen molar-refractivity contribution in [3.05, 3.63) is 46.2 Å². The predicted molar refractivity (Wildman–Crippen MR) is 50.8 cm³/mol. The molecule has 0 aliphatic heterocycles. The highest BCUT2D eigenvalue weighted by atomic mass is 35.5. The van der Waals surface area contributed by atoms with Crippen molar-refractivity contribution in [2.45, 2.75) is 0 Å². The van der Waals surface area contributed by atoms with E-state index in [-0.39, 0.29) is 16.1 Å². The third-order valence-electron chi connectivity index (χ3n) is 2.01. The number of rotatable bonds is 0. The van der Waals surface area contributed by atoms with E-state index in [0.717, 1.165) is 6.08 Å². The number of Topliss-reactive ketones (excluding diaryl/α,β-unsaturated/α-hetero) is 1. The van der Waals surface area contributed by atoms with Crippen LogP contribution in [0.2, 0.25) is 5.02 Å². The summed E-state index contributed by atoms with van der Waals surface area (Å²) in [5.74, 6) is -1.57. The zero-order valence-electron chi connectivity index (χ0n) is 6.95. The first-order valence-electron chi connectivity index (χ1n) is 3.89. The average Bonchev–Trinajstić information content (AvgIpc) is 2.14. The van der Waals surface area contributed by atoms with Crippen molar-refractivity contribution in [1.29, 1.82) is 0 Å².